The monoisotopic (exact) mass is 562 g/mol. The summed E-state index contributed by atoms with van der Waals surface area (Å²) >= 11 is 6.80. The number of pyridine rings is 1. The van der Waals surface area contributed by atoms with Gasteiger partial charge in [0.15, 0.2) is 17.8 Å². The van der Waals surface area contributed by atoms with Gasteiger partial charge in [-0.2, -0.15) is 4.98 Å². The Morgan fingerprint density at radius 1 is 1.18 bits per heavy atom. The molecular formula is C29H31ClN6O4. The zero-order valence-corrected chi connectivity index (χ0v) is 23.5. The molecule has 1 amide bonds. The van der Waals surface area contributed by atoms with E-state index in [0.717, 1.165) is 30.5 Å². The summed E-state index contributed by atoms with van der Waals surface area (Å²) in [5, 5.41) is 0.434. The number of nitrogens with zero attached hydrogens (tertiary/aromatic N) is 6. The molecule has 0 bridgehead atoms. The Kier molecular flexibility index (Phi) is 7.06. The molecule has 11 heteroatoms. The topological polar surface area (TPSA) is 104 Å². The molecule has 6 rings (SSSR count). The van der Waals surface area contributed by atoms with E-state index < -0.39 is 0 Å². The summed E-state index contributed by atoms with van der Waals surface area (Å²) in [6.45, 7) is 5.71. The molecule has 40 heavy (non-hydrogen) atoms. The van der Waals surface area contributed by atoms with Crippen LogP contribution in [0.5, 0.6) is 11.6 Å². The normalized spacial score (nSPS) is 17.8. The van der Waals surface area contributed by atoms with Crippen LogP contribution in [0.4, 0.5) is 0 Å². The number of aromatic nitrogens is 5. The number of carbonyl (C=O) groups excluding carboxylic acids is 1. The lowest BCUT2D eigenvalue weighted by atomic mass is 10.2. The van der Waals surface area contributed by atoms with Crippen molar-refractivity contribution in [1.29, 1.82) is 0 Å². The number of carbonyl (C=O) groups is 1. The van der Waals surface area contributed by atoms with Gasteiger partial charge < -0.3 is 23.7 Å². The summed E-state index contributed by atoms with van der Waals surface area (Å²) in [5.41, 5.74) is 3.64. The molecule has 2 fully saturated rings. The van der Waals surface area contributed by atoms with Gasteiger partial charge in [-0.25, -0.2) is 9.97 Å². The van der Waals surface area contributed by atoms with Gasteiger partial charge in [0.25, 0.3) is 5.91 Å². The van der Waals surface area contributed by atoms with Gasteiger partial charge in [0.2, 0.25) is 5.88 Å². The number of methoxy groups -OCH3 is 1. The SMILES string of the molecule is CO[C@H]1CCN(C(=O)COc2ccc(-c3nc4c(OC5(C)CC5)ncnc4n3Cc3cc(C)ccn3)c(Cl)c2)C1. The van der Waals surface area contributed by atoms with Gasteiger partial charge in [-0.05, 0) is 69.0 Å². The van der Waals surface area contributed by atoms with Gasteiger partial charge in [0.05, 0.1) is 23.4 Å². The van der Waals surface area contributed by atoms with Crippen molar-refractivity contribution < 1.29 is 19.0 Å². The Labute approximate surface area is 237 Å². The van der Waals surface area contributed by atoms with Crippen LogP contribution in [0.3, 0.4) is 0 Å². The maximum absolute atomic E-state index is 12.6. The van der Waals surface area contributed by atoms with Gasteiger partial charge in [0.1, 0.15) is 23.5 Å². The molecule has 208 valence electrons. The molecule has 2 aliphatic rings. The molecule has 1 aliphatic heterocycles. The lowest BCUT2D eigenvalue weighted by Crippen LogP contribution is -2.33. The molecule has 4 heterocycles. The number of amides is 1. The Morgan fingerprint density at radius 2 is 2.02 bits per heavy atom. The molecule has 1 saturated carbocycles. The molecule has 1 aliphatic carbocycles. The van der Waals surface area contributed by atoms with Crippen molar-refractivity contribution in [3.8, 4) is 23.0 Å². The molecule has 4 aromatic rings. The molecule has 0 unspecified atom stereocenters. The van der Waals surface area contributed by atoms with Gasteiger partial charge >= 0.3 is 0 Å². The maximum atomic E-state index is 12.6. The first-order valence-corrected chi connectivity index (χ1v) is 13.7. The van der Waals surface area contributed by atoms with Gasteiger partial charge in [-0.15, -0.1) is 0 Å². The summed E-state index contributed by atoms with van der Waals surface area (Å²) in [6, 6.07) is 9.33. The number of halogens is 1. The van der Waals surface area contributed by atoms with Gasteiger partial charge in [-0.1, -0.05) is 11.6 Å². The van der Waals surface area contributed by atoms with E-state index in [0.29, 0.717) is 58.8 Å². The molecule has 0 radical (unpaired) electrons. The molecule has 1 saturated heterocycles. The number of hydrogen-bond acceptors (Lipinski definition) is 8. The molecule has 3 aromatic heterocycles. The molecule has 1 atom stereocenters. The van der Waals surface area contributed by atoms with E-state index in [1.165, 1.54) is 6.33 Å². The second-order valence-corrected chi connectivity index (χ2v) is 11.1. The molecular weight excluding hydrogens is 532 g/mol. The highest BCUT2D eigenvalue weighted by atomic mass is 35.5. The first kappa shape index (κ1) is 26.5. The predicted octanol–water partition coefficient (Wildman–Crippen LogP) is 4.46. The zero-order valence-electron chi connectivity index (χ0n) is 22.8. The van der Waals surface area contributed by atoms with E-state index in [1.807, 2.05) is 29.7 Å². The second kappa shape index (κ2) is 10.7. The van der Waals surface area contributed by atoms with Crippen LogP contribution in [0.15, 0.2) is 42.9 Å². The quantitative estimate of drug-likeness (QED) is 0.294. The highest BCUT2D eigenvalue weighted by molar-refractivity contribution is 6.33. The second-order valence-electron chi connectivity index (χ2n) is 10.7. The zero-order chi connectivity index (χ0) is 27.9. The summed E-state index contributed by atoms with van der Waals surface area (Å²) in [7, 11) is 1.66. The van der Waals surface area contributed by atoms with Crippen molar-refractivity contribution in [3.05, 3.63) is 59.1 Å². The van der Waals surface area contributed by atoms with Crippen molar-refractivity contribution in [1.82, 2.24) is 29.4 Å². The minimum atomic E-state index is -0.225. The fourth-order valence-electron chi connectivity index (χ4n) is 4.86. The fourth-order valence-corrected chi connectivity index (χ4v) is 5.11. The number of fused-ring (bicyclic) bond motifs is 1. The minimum absolute atomic E-state index is 0.0707. The van der Waals surface area contributed by atoms with Gasteiger partial charge in [-0.3, -0.25) is 9.78 Å². The third-order valence-corrected chi connectivity index (χ3v) is 7.78. The average molecular weight is 563 g/mol. The average Bonchev–Trinajstić information content (AvgIpc) is 3.32. The number of aryl methyl sites for hydroxylation is 1. The van der Waals surface area contributed by atoms with E-state index in [4.69, 9.17) is 30.8 Å². The van der Waals surface area contributed by atoms with Crippen molar-refractivity contribution >= 4 is 28.7 Å². The fraction of sp³-hybridized carbons (Fsp3) is 0.414. The van der Waals surface area contributed by atoms with Crippen LogP contribution in [0, 0.1) is 6.92 Å². The molecule has 10 nitrogen and oxygen atoms in total. The first-order valence-electron chi connectivity index (χ1n) is 13.4. The largest absolute Gasteiger partial charge is 0.484 e. The van der Waals surface area contributed by atoms with E-state index in [1.54, 1.807) is 30.3 Å². The van der Waals surface area contributed by atoms with E-state index in [2.05, 4.69) is 21.9 Å². The predicted molar refractivity (Wildman–Crippen MR) is 150 cm³/mol. The van der Waals surface area contributed by atoms with E-state index in [-0.39, 0.29) is 24.2 Å². The van der Waals surface area contributed by atoms with Gasteiger partial charge in [0, 0.05) is 32.0 Å². The summed E-state index contributed by atoms with van der Waals surface area (Å²) in [5.74, 6) is 1.48. The minimum Gasteiger partial charge on any atom is -0.484 e. The number of ether oxygens (including phenoxy) is 3. The number of hydrogen-bond donors (Lipinski definition) is 0. The van der Waals surface area contributed by atoms with Crippen LogP contribution in [0.1, 0.15) is 37.4 Å². The third kappa shape index (κ3) is 5.46. The highest BCUT2D eigenvalue weighted by Crippen LogP contribution is 2.41. The first-order chi connectivity index (χ1) is 19.3. The van der Waals surface area contributed by atoms with E-state index >= 15 is 0 Å². The maximum Gasteiger partial charge on any atom is 0.260 e. The van der Waals surface area contributed by atoms with Crippen LogP contribution in [-0.2, 0) is 16.1 Å². The van der Waals surface area contributed by atoms with Crippen LogP contribution in [0.25, 0.3) is 22.6 Å². The lowest BCUT2D eigenvalue weighted by molar-refractivity contribution is -0.132. The van der Waals surface area contributed by atoms with Crippen molar-refractivity contribution in [3.63, 3.8) is 0 Å². The van der Waals surface area contributed by atoms with Crippen molar-refractivity contribution in [2.24, 2.45) is 0 Å². The Balaban J connectivity index is 1.31. The van der Waals surface area contributed by atoms with Crippen LogP contribution in [-0.4, -0.2) is 73.8 Å². The number of benzene rings is 1. The standard InChI is InChI=1S/C29H31ClN6O4/c1-18-6-10-31-19(12-18)14-36-26(34-25-27(36)32-17-33-28(25)40-29(2)8-9-29)22-5-4-20(13-23(22)30)39-16-24(37)35-11-7-21(15-35)38-3/h4-6,10,12-13,17,21H,7-9,11,14-16H2,1-3H3/t21-/m0/s1. The third-order valence-electron chi connectivity index (χ3n) is 7.46. The van der Waals surface area contributed by atoms with Crippen molar-refractivity contribution in [2.45, 2.75) is 51.4 Å². The number of likely N-dealkylation sites (tertiary alicyclic amines) is 1. The summed E-state index contributed by atoms with van der Waals surface area (Å²) < 4.78 is 19.4. The van der Waals surface area contributed by atoms with Crippen LogP contribution < -0.4 is 9.47 Å². The van der Waals surface area contributed by atoms with Crippen molar-refractivity contribution in [2.75, 3.05) is 26.8 Å². The number of rotatable bonds is 9. The Hall–Kier alpha value is -3.76. The summed E-state index contributed by atoms with van der Waals surface area (Å²) in [6.07, 6.45) is 6.14. The van der Waals surface area contributed by atoms with Crippen LogP contribution in [0.2, 0.25) is 5.02 Å². The molecule has 0 spiro atoms. The van der Waals surface area contributed by atoms with E-state index in [9.17, 15) is 4.79 Å². The summed E-state index contributed by atoms with van der Waals surface area (Å²) in [4.78, 5) is 32.8. The number of imidazole rings is 1. The molecule has 1 aromatic carbocycles. The highest BCUT2D eigenvalue weighted by Gasteiger charge is 2.41. The van der Waals surface area contributed by atoms with Crippen LogP contribution >= 0.6 is 11.6 Å². The smallest absolute Gasteiger partial charge is 0.260 e. The Bertz CT molecular complexity index is 1570. The lowest BCUT2D eigenvalue weighted by Gasteiger charge is -2.17. The Morgan fingerprint density at radius 3 is 2.75 bits per heavy atom. The molecule has 0 N–H and O–H groups in total.